The third-order valence-corrected chi connectivity index (χ3v) is 2.13. The molecule has 1 radical (unpaired) electrons. The summed E-state index contributed by atoms with van der Waals surface area (Å²) in [5, 5.41) is 8.64. The van der Waals surface area contributed by atoms with Gasteiger partial charge in [-0.1, -0.05) is 13.3 Å². The van der Waals surface area contributed by atoms with Gasteiger partial charge in [0, 0.05) is 14.1 Å². The average Bonchev–Trinajstić information content (AvgIpc) is 2.35. The molecule has 0 atom stereocenters. The van der Waals surface area contributed by atoms with E-state index >= 15 is 0 Å². The summed E-state index contributed by atoms with van der Waals surface area (Å²) in [7, 11) is 3.19. The van der Waals surface area contributed by atoms with Gasteiger partial charge in [0.05, 0.1) is 11.9 Å². The zero-order valence-corrected chi connectivity index (χ0v) is 13.0. The van der Waals surface area contributed by atoms with Gasteiger partial charge in [0.15, 0.2) is 0 Å². The number of hydrazone groups is 2. The number of amidine groups is 2. The van der Waals surface area contributed by atoms with Gasteiger partial charge >= 0.3 is 17.1 Å². The number of nitrogens with one attached hydrogen (secondary N) is 2. The molecule has 0 rings (SSSR count). The molecule has 0 saturated carbocycles. The molecular formula is C9H16CuN6S2. The Balaban J connectivity index is 0. The second-order valence-corrected chi connectivity index (χ2v) is 3.67. The molecule has 0 spiro atoms. The molecule has 0 heterocycles. The Kier molecular flexibility index (Phi) is 13.8. The number of aliphatic imine (C=N–C) groups is 2. The molecule has 105 valence electrons. The SMILES string of the molecule is CCCC(/C=N\NC([S-])=NC)=N/NC([S-])=NC.[Cu+2]. The van der Waals surface area contributed by atoms with Crippen LogP contribution in [-0.4, -0.2) is 36.4 Å². The zero-order chi connectivity index (χ0) is 13.1. The van der Waals surface area contributed by atoms with E-state index < -0.39 is 0 Å². The van der Waals surface area contributed by atoms with Gasteiger partial charge in [-0.15, -0.1) is 0 Å². The van der Waals surface area contributed by atoms with E-state index in [4.69, 9.17) is 25.3 Å². The maximum Gasteiger partial charge on any atom is 2.00 e. The van der Waals surface area contributed by atoms with Crippen LogP contribution in [0.15, 0.2) is 20.2 Å². The molecule has 0 aliphatic heterocycles. The van der Waals surface area contributed by atoms with Crippen molar-refractivity contribution >= 4 is 47.5 Å². The molecule has 0 unspecified atom stereocenters. The Bertz CT molecular complexity index is 340. The van der Waals surface area contributed by atoms with Crippen molar-refractivity contribution < 1.29 is 17.1 Å². The first-order chi connectivity index (χ1) is 8.13. The summed E-state index contributed by atoms with van der Waals surface area (Å²) in [6.07, 6.45) is 3.30. The van der Waals surface area contributed by atoms with E-state index in [1.807, 2.05) is 6.92 Å². The van der Waals surface area contributed by atoms with E-state index in [1.54, 1.807) is 20.3 Å². The largest absolute Gasteiger partial charge is 2.00 e. The van der Waals surface area contributed by atoms with Gasteiger partial charge in [-0.05, 0) is 16.8 Å². The first-order valence-electron chi connectivity index (χ1n) is 5.03. The summed E-state index contributed by atoms with van der Waals surface area (Å²) >= 11 is 9.66. The fourth-order valence-corrected chi connectivity index (χ4v) is 0.885. The standard InChI is InChI=1S/C9H18N6S2.Cu/c1-4-5-7(13-15-9(17)11-3)6-12-14-8(16)10-2;/h6H,4-5H2,1-3H3,(H2,10,14,16)(H2,11,15,17);/q;+2/p-2/b12-6-,13-7-;. The fourth-order valence-electron chi connectivity index (χ4n) is 0.787. The molecule has 9 heteroatoms. The summed E-state index contributed by atoms with van der Waals surface area (Å²) in [6, 6.07) is 0. The molecule has 6 nitrogen and oxygen atoms in total. The minimum absolute atomic E-state index is 0. The molecule has 0 saturated heterocycles. The summed E-state index contributed by atoms with van der Waals surface area (Å²) in [5.41, 5.74) is 5.99. The van der Waals surface area contributed by atoms with Crippen molar-refractivity contribution in [3.63, 3.8) is 0 Å². The number of hydrogen-bond donors (Lipinski definition) is 2. The van der Waals surface area contributed by atoms with E-state index in [9.17, 15) is 0 Å². The van der Waals surface area contributed by atoms with E-state index in [2.05, 4.69) is 31.0 Å². The molecular weight excluding hydrogens is 320 g/mol. The Hall–Kier alpha value is -0.761. The van der Waals surface area contributed by atoms with Crippen LogP contribution in [0.25, 0.3) is 0 Å². The van der Waals surface area contributed by atoms with Gasteiger partial charge in [0.1, 0.15) is 0 Å². The van der Waals surface area contributed by atoms with Crippen molar-refractivity contribution in [3.8, 4) is 0 Å². The Morgan fingerprint density at radius 3 is 2.17 bits per heavy atom. The van der Waals surface area contributed by atoms with Crippen molar-refractivity contribution in [2.75, 3.05) is 14.1 Å². The van der Waals surface area contributed by atoms with Crippen LogP contribution in [0.4, 0.5) is 0 Å². The molecule has 18 heavy (non-hydrogen) atoms. The van der Waals surface area contributed by atoms with Crippen molar-refractivity contribution in [2.45, 2.75) is 19.8 Å². The van der Waals surface area contributed by atoms with Crippen LogP contribution in [0.2, 0.25) is 0 Å². The van der Waals surface area contributed by atoms with Crippen molar-refractivity contribution in [3.05, 3.63) is 0 Å². The Morgan fingerprint density at radius 2 is 1.67 bits per heavy atom. The monoisotopic (exact) mass is 335 g/mol. The van der Waals surface area contributed by atoms with Crippen LogP contribution < -0.4 is 10.9 Å². The molecule has 0 aromatic carbocycles. The van der Waals surface area contributed by atoms with Crippen molar-refractivity contribution in [1.29, 1.82) is 0 Å². The van der Waals surface area contributed by atoms with E-state index in [-0.39, 0.29) is 17.1 Å². The van der Waals surface area contributed by atoms with Crippen LogP contribution in [-0.2, 0) is 42.3 Å². The maximum atomic E-state index is 4.85. The Labute approximate surface area is 129 Å². The minimum atomic E-state index is 0. The topological polar surface area (TPSA) is 73.5 Å². The first-order valence-corrected chi connectivity index (χ1v) is 5.84. The zero-order valence-electron chi connectivity index (χ0n) is 10.4. The van der Waals surface area contributed by atoms with Gasteiger partial charge in [-0.2, -0.15) is 10.2 Å². The van der Waals surface area contributed by atoms with E-state index in [0.29, 0.717) is 10.3 Å². The molecule has 2 N–H and O–H groups in total. The van der Waals surface area contributed by atoms with Crippen LogP contribution in [0.5, 0.6) is 0 Å². The summed E-state index contributed by atoms with van der Waals surface area (Å²) in [5.74, 6) is 0. The number of nitrogens with zero attached hydrogens (tertiary/aromatic N) is 4. The van der Waals surface area contributed by atoms with Crippen LogP contribution in [0.1, 0.15) is 19.8 Å². The molecule has 0 aliphatic carbocycles. The summed E-state index contributed by atoms with van der Waals surface area (Å²) in [6.45, 7) is 2.05. The van der Waals surface area contributed by atoms with Gasteiger partial charge in [0.2, 0.25) is 0 Å². The van der Waals surface area contributed by atoms with Gasteiger partial charge < -0.3 is 25.3 Å². The third-order valence-electron chi connectivity index (χ3n) is 1.58. The first kappa shape index (κ1) is 19.6. The van der Waals surface area contributed by atoms with E-state index in [1.165, 1.54) is 0 Å². The molecule has 0 aliphatic rings. The molecule has 0 amide bonds. The second-order valence-electron chi connectivity index (χ2n) is 2.89. The van der Waals surface area contributed by atoms with Crippen LogP contribution in [0.3, 0.4) is 0 Å². The van der Waals surface area contributed by atoms with Crippen LogP contribution in [0, 0.1) is 0 Å². The Morgan fingerprint density at radius 1 is 1.11 bits per heavy atom. The predicted octanol–water partition coefficient (Wildman–Crippen LogP) is 0.370. The molecule has 0 fully saturated rings. The van der Waals surface area contributed by atoms with Gasteiger partial charge in [-0.25, -0.2) is 0 Å². The normalized spacial score (nSPS) is 13.4. The predicted molar refractivity (Wildman–Crippen MR) is 78.6 cm³/mol. The second kappa shape index (κ2) is 12.7. The molecule has 0 bridgehead atoms. The smallest absolute Gasteiger partial charge is 0.741 e. The molecule has 0 aromatic rings. The summed E-state index contributed by atoms with van der Waals surface area (Å²) < 4.78 is 0. The quantitative estimate of drug-likeness (QED) is 0.250. The maximum absolute atomic E-state index is 4.85. The van der Waals surface area contributed by atoms with Crippen molar-refractivity contribution in [2.24, 2.45) is 20.2 Å². The average molecular weight is 336 g/mol. The summed E-state index contributed by atoms with van der Waals surface area (Å²) in [4.78, 5) is 7.49. The minimum Gasteiger partial charge on any atom is -0.741 e. The molecule has 0 aromatic heterocycles. The van der Waals surface area contributed by atoms with Crippen LogP contribution >= 0.6 is 0 Å². The number of hydrogen-bond acceptors (Lipinski definition) is 6. The van der Waals surface area contributed by atoms with Gasteiger partial charge in [0.25, 0.3) is 0 Å². The fraction of sp³-hybridized carbons (Fsp3) is 0.556. The third kappa shape index (κ3) is 10.4. The number of rotatable bonds is 5. The van der Waals surface area contributed by atoms with Gasteiger partial charge in [-0.3, -0.25) is 20.8 Å². The van der Waals surface area contributed by atoms with E-state index in [0.717, 1.165) is 18.6 Å². The van der Waals surface area contributed by atoms with Crippen molar-refractivity contribution in [1.82, 2.24) is 10.9 Å².